The van der Waals surface area contributed by atoms with Gasteiger partial charge >= 0.3 is 6.03 Å². The van der Waals surface area contributed by atoms with Gasteiger partial charge in [-0.05, 0) is 29.2 Å². The molecule has 0 radical (unpaired) electrons. The first kappa shape index (κ1) is 30.2. The van der Waals surface area contributed by atoms with Crippen LogP contribution in [0.4, 0.5) is 10.5 Å². The molecule has 0 saturated carbocycles. The number of hydrogen-bond acceptors (Lipinski definition) is 6. The third-order valence-electron chi connectivity index (χ3n) is 8.60. The second kappa shape index (κ2) is 13.0. The number of nitrogens with one attached hydrogen (secondary N) is 1. The lowest BCUT2D eigenvalue weighted by Gasteiger charge is -2.46. The van der Waals surface area contributed by atoms with E-state index in [2.05, 4.69) is 16.8 Å². The Balaban J connectivity index is 1.31. The van der Waals surface area contributed by atoms with Crippen molar-refractivity contribution in [3.05, 3.63) is 108 Å². The van der Waals surface area contributed by atoms with Crippen molar-refractivity contribution in [1.29, 1.82) is 0 Å². The summed E-state index contributed by atoms with van der Waals surface area (Å²) in [6, 6.07) is 24.4. The number of likely N-dealkylation sites (N-methyl/N-ethyl adjacent to an activating group) is 1. The van der Waals surface area contributed by atoms with Crippen molar-refractivity contribution in [2.75, 3.05) is 38.1 Å². The van der Waals surface area contributed by atoms with E-state index in [1.165, 1.54) is 0 Å². The summed E-state index contributed by atoms with van der Waals surface area (Å²) in [5.74, 6) is 1.10. The highest BCUT2D eigenvalue weighted by Crippen LogP contribution is 2.38. The van der Waals surface area contributed by atoms with Gasteiger partial charge in [-0.25, -0.2) is 4.79 Å². The number of hydrazine groups is 1. The molecule has 2 fully saturated rings. The highest BCUT2D eigenvalue weighted by Gasteiger charge is 2.52. The van der Waals surface area contributed by atoms with Crippen LogP contribution in [0.15, 0.2) is 91.2 Å². The van der Waals surface area contributed by atoms with E-state index in [9.17, 15) is 14.4 Å². The molecule has 10 heteroatoms. The fourth-order valence-corrected chi connectivity index (χ4v) is 6.60. The van der Waals surface area contributed by atoms with Crippen molar-refractivity contribution in [1.82, 2.24) is 25.1 Å². The fraction of sp³-hybridized carbons (Fsp3) is 0.343. The number of para-hydroxylation sites is 1. The molecule has 0 spiro atoms. The zero-order chi connectivity index (χ0) is 31.5. The van der Waals surface area contributed by atoms with Crippen molar-refractivity contribution >= 4 is 23.5 Å². The van der Waals surface area contributed by atoms with E-state index in [0.717, 1.165) is 22.4 Å². The predicted molar refractivity (Wildman–Crippen MR) is 172 cm³/mol. The average molecular weight is 609 g/mol. The summed E-state index contributed by atoms with van der Waals surface area (Å²) < 4.78 is 5.95. The molecule has 1 N–H and O–H groups in total. The molecule has 2 atom stereocenters. The maximum atomic E-state index is 14.3. The minimum atomic E-state index is -0.701. The van der Waals surface area contributed by atoms with Crippen molar-refractivity contribution in [2.24, 2.45) is 0 Å². The molecule has 0 aliphatic carbocycles. The number of piperazine rings is 1. The standard InChI is InChI=1S/C35H40N6O4/c1-4-18-39(35(44)36-20-27-14-9-6-10-15-27)40-24-32(42)41-29(19-26-12-7-5-8-13-26)34(43)38(23-31(40)41)22-28-16-11-17-30-33(28)37(3)21-25(2)45-30/h5-17,29,31H,2,4,18-24H2,1,3H3,(H,36,44)/t29-,31+/m0/s1. The van der Waals surface area contributed by atoms with Gasteiger partial charge in [-0.3, -0.25) is 14.6 Å². The van der Waals surface area contributed by atoms with Crippen LogP contribution < -0.4 is 15.0 Å². The first-order valence-electron chi connectivity index (χ1n) is 15.5. The number of carbonyl (C=O) groups is 3. The molecular formula is C35H40N6O4. The molecule has 3 aliphatic heterocycles. The Morgan fingerprint density at radius 2 is 1.69 bits per heavy atom. The van der Waals surface area contributed by atoms with Gasteiger partial charge in [-0.2, -0.15) is 5.01 Å². The first-order valence-corrected chi connectivity index (χ1v) is 15.5. The van der Waals surface area contributed by atoms with E-state index < -0.39 is 12.2 Å². The first-order chi connectivity index (χ1) is 21.8. The van der Waals surface area contributed by atoms with E-state index >= 15 is 0 Å². The highest BCUT2D eigenvalue weighted by molar-refractivity contribution is 5.92. The summed E-state index contributed by atoms with van der Waals surface area (Å²) in [6.45, 7) is 7.99. The summed E-state index contributed by atoms with van der Waals surface area (Å²) in [5, 5.41) is 6.53. The molecular weight excluding hydrogens is 568 g/mol. The largest absolute Gasteiger partial charge is 0.458 e. The number of fused-ring (bicyclic) bond motifs is 2. The van der Waals surface area contributed by atoms with Crippen LogP contribution in [0.3, 0.4) is 0 Å². The number of nitrogens with zero attached hydrogens (tertiary/aromatic N) is 5. The molecule has 45 heavy (non-hydrogen) atoms. The van der Waals surface area contributed by atoms with E-state index in [1.54, 1.807) is 9.91 Å². The lowest BCUT2D eigenvalue weighted by Crippen LogP contribution is -2.66. The van der Waals surface area contributed by atoms with Crippen LogP contribution in [-0.2, 0) is 29.1 Å². The third-order valence-corrected chi connectivity index (χ3v) is 8.60. The third kappa shape index (κ3) is 6.23. The number of hydrogen-bond donors (Lipinski definition) is 1. The maximum Gasteiger partial charge on any atom is 0.332 e. The zero-order valence-corrected chi connectivity index (χ0v) is 25.9. The highest BCUT2D eigenvalue weighted by atomic mass is 16.5. The van der Waals surface area contributed by atoms with Crippen LogP contribution in [0.1, 0.15) is 30.0 Å². The van der Waals surface area contributed by atoms with Crippen molar-refractivity contribution in [3.63, 3.8) is 0 Å². The summed E-state index contributed by atoms with van der Waals surface area (Å²) in [5.41, 5.74) is 3.83. The van der Waals surface area contributed by atoms with Gasteiger partial charge in [0.05, 0.1) is 25.3 Å². The molecule has 10 nitrogen and oxygen atoms in total. The van der Waals surface area contributed by atoms with Gasteiger partial charge in [0.15, 0.2) is 5.75 Å². The lowest BCUT2D eigenvalue weighted by atomic mass is 9.99. The Kier molecular flexibility index (Phi) is 8.75. The number of anilines is 1. The Morgan fingerprint density at radius 1 is 0.978 bits per heavy atom. The smallest absolute Gasteiger partial charge is 0.332 e. The molecule has 6 rings (SSSR count). The molecule has 0 unspecified atom stereocenters. The van der Waals surface area contributed by atoms with E-state index in [4.69, 9.17) is 4.74 Å². The minimum absolute atomic E-state index is 0.0231. The van der Waals surface area contributed by atoms with Gasteiger partial charge in [-0.15, -0.1) is 0 Å². The van der Waals surface area contributed by atoms with Crippen LogP contribution >= 0.6 is 0 Å². The van der Waals surface area contributed by atoms with Gasteiger partial charge in [0.25, 0.3) is 0 Å². The minimum Gasteiger partial charge on any atom is -0.458 e. The SMILES string of the molecule is C=C1CN(C)c2c(CN3C[C@H]4N(C(=O)CN4N(CCC)C(=O)NCc4ccccc4)[C@@H](Cc4ccccc4)C3=O)cccc2O1. The van der Waals surface area contributed by atoms with Crippen LogP contribution in [0, 0.1) is 0 Å². The van der Waals surface area contributed by atoms with Crippen LogP contribution in [0.25, 0.3) is 0 Å². The molecule has 234 valence electrons. The Hall–Kier alpha value is -4.83. The monoisotopic (exact) mass is 608 g/mol. The summed E-state index contributed by atoms with van der Waals surface area (Å²) in [7, 11) is 1.99. The summed E-state index contributed by atoms with van der Waals surface area (Å²) in [6.07, 6.45) is 0.599. The Morgan fingerprint density at radius 3 is 2.40 bits per heavy atom. The second-order valence-electron chi connectivity index (χ2n) is 11.8. The van der Waals surface area contributed by atoms with Gasteiger partial charge in [0.1, 0.15) is 18.0 Å². The maximum absolute atomic E-state index is 14.3. The fourth-order valence-electron chi connectivity index (χ4n) is 6.60. The zero-order valence-electron chi connectivity index (χ0n) is 25.9. The molecule has 3 aromatic carbocycles. The summed E-state index contributed by atoms with van der Waals surface area (Å²) in [4.78, 5) is 47.3. The topological polar surface area (TPSA) is 88.7 Å². The molecule has 0 aromatic heterocycles. The number of carbonyl (C=O) groups excluding carboxylic acids is 3. The number of amides is 4. The summed E-state index contributed by atoms with van der Waals surface area (Å²) >= 11 is 0. The molecule has 2 saturated heterocycles. The van der Waals surface area contributed by atoms with Crippen LogP contribution in [-0.4, -0.2) is 83.1 Å². The number of rotatable bonds is 9. The van der Waals surface area contributed by atoms with Gasteiger partial charge in [-0.1, -0.05) is 86.3 Å². The molecule has 0 bridgehead atoms. The van der Waals surface area contributed by atoms with E-state index in [1.807, 2.05) is 103 Å². The number of benzene rings is 3. The van der Waals surface area contributed by atoms with E-state index in [-0.39, 0.29) is 30.9 Å². The molecule has 4 amide bonds. The molecule has 3 heterocycles. The number of urea groups is 1. The average Bonchev–Trinajstić information content (AvgIpc) is 3.36. The van der Waals surface area contributed by atoms with Crippen molar-refractivity contribution in [3.8, 4) is 5.75 Å². The predicted octanol–water partition coefficient (Wildman–Crippen LogP) is 3.99. The van der Waals surface area contributed by atoms with Crippen molar-refractivity contribution in [2.45, 2.75) is 45.1 Å². The molecule has 3 aromatic rings. The van der Waals surface area contributed by atoms with Gasteiger partial charge < -0.3 is 24.8 Å². The van der Waals surface area contributed by atoms with Crippen LogP contribution in [0.2, 0.25) is 0 Å². The Bertz CT molecular complexity index is 1560. The Labute approximate surface area is 264 Å². The molecule has 3 aliphatic rings. The van der Waals surface area contributed by atoms with Gasteiger partial charge in [0.2, 0.25) is 11.8 Å². The van der Waals surface area contributed by atoms with Crippen LogP contribution in [0.5, 0.6) is 5.75 Å². The lowest BCUT2D eigenvalue weighted by molar-refractivity contribution is -0.157. The number of ether oxygens (including phenoxy) is 1. The van der Waals surface area contributed by atoms with Gasteiger partial charge in [0, 0.05) is 33.1 Å². The quantitative estimate of drug-likeness (QED) is 0.396. The normalized spacial score (nSPS) is 19.7. The second-order valence-corrected chi connectivity index (χ2v) is 11.8. The van der Waals surface area contributed by atoms with E-state index in [0.29, 0.717) is 50.5 Å². The van der Waals surface area contributed by atoms with Crippen molar-refractivity contribution < 1.29 is 19.1 Å².